The number of halogens is 1. The Bertz CT molecular complexity index is 696. The molecule has 1 aliphatic heterocycles. The summed E-state index contributed by atoms with van der Waals surface area (Å²) in [7, 11) is 3.54. The van der Waals surface area contributed by atoms with Gasteiger partial charge in [-0.1, -0.05) is 25.1 Å². The molecule has 1 saturated carbocycles. The Morgan fingerprint density at radius 1 is 1.44 bits per heavy atom. The molecule has 2 fully saturated rings. The van der Waals surface area contributed by atoms with Crippen LogP contribution in [0.3, 0.4) is 0 Å². The maximum atomic E-state index is 11.2. The Kier molecular flexibility index (Phi) is 7.36. The molecule has 150 valence electrons. The number of nitrogens with two attached hydrogens (primary N) is 1. The second-order valence-electron chi connectivity index (χ2n) is 7.69. The molecule has 3 atom stereocenters. The van der Waals surface area contributed by atoms with Crippen molar-refractivity contribution in [3.63, 3.8) is 0 Å². The lowest BCUT2D eigenvalue weighted by Crippen LogP contribution is -2.48. The van der Waals surface area contributed by atoms with Crippen molar-refractivity contribution < 1.29 is 9.53 Å². The highest BCUT2D eigenvalue weighted by molar-refractivity contribution is 14.0. The third-order valence-electron chi connectivity index (χ3n) is 5.78. The predicted molar refractivity (Wildman–Crippen MR) is 119 cm³/mol. The quantitative estimate of drug-likeness (QED) is 0.381. The van der Waals surface area contributed by atoms with Gasteiger partial charge in [0.05, 0.1) is 7.11 Å². The minimum atomic E-state index is -0.217. The molecule has 1 aromatic carbocycles. The molecule has 3 rings (SSSR count). The number of aliphatic imine (C=N–C) groups is 1. The zero-order valence-electron chi connectivity index (χ0n) is 16.4. The molecule has 0 radical (unpaired) electrons. The first-order valence-corrected chi connectivity index (χ1v) is 9.38. The van der Waals surface area contributed by atoms with Crippen LogP contribution in [0.4, 0.5) is 0 Å². The van der Waals surface area contributed by atoms with Gasteiger partial charge < -0.3 is 20.7 Å². The van der Waals surface area contributed by atoms with Gasteiger partial charge in [-0.2, -0.15) is 0 Å². The molecular formula is C20H31IN4O2. The summed E-state index contributed by atoms with van der Waals surface area (Å²) in [6, 6.07) is 8.56. The number of para-hydroxylation sites is 1. The largest absolute Gasteiger partial charge is 0.496 e. The Labute approximate surface area is 178 Å². The van der Waals surface area contributed by atoms with Gasteiger partial charge in [0.2, 0.25) is 5.91 Å². The van der Waals surface area contributed by atoms with E-state index >= 15 is 0 Å². The average Bonchev–Trinajstić information content (AvgIpc) is 3.30. The zero-order chi connectivity index (χ0) is 18.7. The summed E-state index contributed by atoms with van der Waals surface area (Å²) < 4.78 is 5.55. The van der Waals surface area contributed by atoms with Crippen LogP contribution in [0.5, 0.6) is 5.75 Å². The number of amides is 1. The van der Waals surface area contributed by atoms with Gasteiger partial charge in [0.25, 0.3) is 0 Å². The summed E-state index contributed by atoms with van der Waals surface area (Å²) in [5.41, 5.74) is 6.66. The molecule has 3 unspecified atom stereocenters. The van der Waals surface area contributed by atoms with Gasteiger partial charge in [0.15, 0.2) is 5.96 Å². The number of rotatable bonds is 5. The molecule has 0 bridgehead atoms. The first kappa shape index (κ1) is 21.8. The van der Waals surface area contributed by atoms with Crippen molar-refractivity contribution >= 4 is 35.8 Å². The van der Waals surface area contributed by atoms with Gasteiger partial charge in [-0.05, 0) is 31.2 Å². The molecule has 0 spiro atoms. The number of benzene rings is 1. The van der Waals surface area contributed by atoms with E-state index in [-0.39, 0.29) is 35.3 Å². The van der Waals surface area contributed by atoms with E-state index < -0.39 is 0 Å². The van der Waals surface area contributed by atoms with Crippen LogP contribution < -0.4 is 15.8 Å². The fourth-order valence-electron chi connectivity index (χ4n) is 4.15. The van der Waals surface area contributed by atoms with Crippen molar-refractivity contribution in [2.45, 2.75) is 44.1 Å². The maximum absolute atomic E-state index is 11.2. The van der Waals surface area contributed by atoms with Crippen molar-refractivity contribution in [1.29, 1.82) is 0 Å². The van der Waals surface area contributed by atoms with Crippen LogP contribution in [-0.2, 0) is 10.2 Å². The molecule has 1 aromatic rings. The topological polar surface area (TPSA) is 80.0 Å². The van der Waals surface area contributed by atoms with Crippen LogP contribution in [0.2, 0.25) is 0 Å². The Morgan fingerprint density at radius 3 is 2.85 bits per heavy atom. The number of hydrogen-bond donors (Lipinski definition) is 2. The molecule has 1 aliphatic carbocycles. The SMILES string of the molecule is CN=C(NC1CC1(C)c1ccccc1OC)N1CCCC(CC(N)=O)C1.I. The first-order chi connectivity index (χ1) is 12.5. The highest BCUT2D eigenvalue weighted by atomic mass is 127. The van der Waals surface area contributed by atoms with Gasteiger partial charge in [-0.3, -0.25) is 9.79 Å². The minimum absolute atomic E-state index is 0. The normalized spacial score (nSPS) is 27.5. The van der Waals surface area contributed by atoms with E-state index in [0.29, 0.717) is 18.4 Å². The standard InChI is InChI=1S/C20H30N4O2.HI/c1-20(15-8-4-5-9-16(15)26-3)12-17(20)23-19(22-2)24-10-6-7-14(13-24)11-18(21)25;/h4-5,8-9,14,17H,6-7,10-13H2,1-3H3,(H2,21,25)(H,22,23);1H. The monoisotopic (exact) mass is 486 g/mol. The van der Waals surface area contributed by atoms with E-state index in [4.69, 9.17) is 10.5 Å². The average molecular weight is 486 g/mol. The number of methoxy groups -OCH3 is 1. The number of likely N-dealkylation sites (tertiary alicyclic amines) is 1. The van der Waals surface area contributed by atoms with Crippen LogP contribution in [0.25, 0.3) is 0 Å². The lowest BCUT2D eigenvalue weighted by molar-refractivity contribution is -0.119. The number of piperidine rings is 1. The van der Waals surface area contributed by atoms with Crippen LogP contribution in [0, 0.1) is 5.92 Å². The molecule has 3 N–H and O–H groups in total. The molecule has 27 heavy (non-hydrogen) atoms. The summed E-state index contributed by atoms with van der Waals surface area (Å²) in [6.45, 7) is 4.07. The van der Waals surface area contributed by atoms with E-state index in [1.54, 1.807) is 7.11 Å². The number of carbonyl (C=O) groups excluding carboxylic acids is 1. The van der Waals surface area contributed by atoms with E-state index in [1.165, 1.54) is 5.56 Å². The molecule has 6 nitrogen and oxygen atoms in total. The Morgan fingerprint density at radius 2 is 2.19 bits per heavy atom. The fourth-order valence-corrected chi connectivity index (χ4v) is 4.15. The predicted octanol–water partition coefficient (Wildman–Crippen LogP) is 2.51. The number of ether oxygens (including phenoxy) is 1. The van der Waals surface area contributed by atoms with Crippen LogP contribution in [0.1, 0.15) is 38.2 Å². The molecule has 2 aliphatic rings. The lowest BCUT2D eigenvalue weighted by atomic mass is 9.94. The number of nitrogens with one attached hydrogen (secondary N) is 1. The van der Waals surface area contributed by atoms with Crippen molar-refractivity contribution in [2.75, 3.05) is 27.2 Å². The van der Waals surface area contributed by atoms with Crippen LogP contribution in [-0.4, -0.2) is 50.1 Å². The molecule has 1 heterocycles. The van der Waals surface area contributed by atoms with Gasteiger partial charge in [0.1, 0.15) is 5.75 Å². The van der Waals surface area contributed by atoms with Crippen molar-refractivity contribution in [1.82, 2.24) is 10.2 Å². The molecule has 1 amide bonds. The van der Waals surface area contributed by atoms with Crippen LogP contribution >= 0.6 is 24.0 Å². The number of carbonyl (C=O) groups is 1. The summed E-state index contributed by atoms with van der Waals surface area (Å²) in [4.78, 5) is 18.0. The van der Waals surface area contributed by atoms with Crippen molar-refractivity contribution in [3.05, 3.63) is 29.8 Å². The first-order valence-electron chi connectivity index (χ1n) is 9.38. The van der Waals surface area contributed by atoms with Crippen molar-refractivity contribution in [2.24, 2.45) is 16.6 Å². The van der Waals surface area contributed by atoms with Crippen molar-refractivity contribution in [3.8, 4) is 5.75 Å². The van der Waals surface area contributed by atoms with E-state index in [2.05, 4.69) is 34.3 Å². The summed E-state index contributed by atoms with van der Waals surface area (Å²) >= 11 is 0. The molecule has 1 saturated heterocycles. The number of primary amides is 1. The summed E-state index contributed by atoms with van der Waals surface area (Å²) in [6.07, 6.45) is 3.62. The summed E-state index contributed by atoms with van der Waals surface area (Å²) in [5.74, 6) is 1.96. The zero-order valence-corrected chi connectivity index (χ0v) is 18.7. The second kappa shape index (κ2) is 9.12. The van der Waals surface area contributed by atoms with Gasteiger partial charge in [-0.15, -0.1) is 24.0 Å². The fraction of sp³-hybridized carbons (Fsp3) is 0.600. The lowest BCUT2D eigenvalue weighted by Gasteiger charge is -2.35. The second-order valence-corrected chi connectivity index (χ2v) is 7.69. The third kappa shape index (κ3) is 4.86. The summed E-state index contributed by atoms with van der Waals surface area (Å²) in [5, 5.41) is 3.63. The number of hydrogen-bond acceptors (Lipinski definition) is 3. The molecule has 0 aromatic heterocycles. The van der Waals surface area contributed by atoms with E-state index in [0.717, 1.165) is 44.1 Å². The Hall–Kier alpha value is -1.51. The molecule has 7 heteroatoms. The highest BCUT2D eigenvalue weighted by Crippen LogP contribution is 2.51. The Balaban J connectivity index is 0.00000261. The van der Waals surface area contributed by atoms with Gasteiger partial charge in [0, 0.05) is 43.6 Å². The van der Waals surface area contributed by atoms with E-state index in [1.807, 2.05) is 19.2 Å². The molecular weight excluding hydrogens is 455 g/mol. The van der Waals surface area contributed by atoms with Gasteiger partial charge >= 0.3 is 0 Å². The van der Waals surface area contributed by atoms with Crippen LogP contribution in [0.15, 0.2) is 29.3 Å². The van der Waals surface area contributed by atoms with E-state index in [9.17, 15) is 4.79 Å². The smallest absolute Gasteiger partial charge is 0.217 e. The minimum Gasteiger partial charge on any atom is -0.496 e. The number of nitrogens with zero attached hydrogens (tertiary/aromatic N) is 2. The maximum Gasteiger partial charge on any atom is 0.217 e. The third-order valence-corrected chi connectivity index (χ3v) is 5.78. The number of guanidine groups is 1. The van der Waals surface area contributed by atoms with Gasteiger partial charge in [-0.25, -0.2) is 0 Å². The highest BCUT2D eigenvalue weighted by Gasteiger charge is 2.53.